The maximum Gasteiger partial charge on any atom is 0.414 e. The average Bonchev–Trinajstić information content (AvgIpc) is 3.16. The van der Waals surface area contributed by atoms with Gasteiger partial charge in [0.25, 0.3) is 0 Å². The van der Waals surface area contributed by atoms with Crippen LogP contribution in [0.25, 0.3) is 0 Å². The lowest BCUT2D eigenvalue weighted by Crippen LogP contribution is -2.33. The van der Waals surface area contributed by atoms with Gasteiger partial charge in [-0.1, -0.05) is 0 Å². The molecule has 2 unspecified atom stereocenters. The molecule has 1 saturated heterocycles. The normalized spacial score (nSPS) is 16.3. The zero-order chi connectivity index (χ0) is 25.9. The first-order valence-corrected chi connectivity index (χ1v) is 9.95. The van der Waals surface area contributed by atoms with Crippen molar-refractivity contribution in [3.63, 3.8) is 0 Å². The van der Waals surface area contributed by atoms with Gasteiger partial charge < -0.3 is 15.2 Å². The third-order valence-electron chi connectivity index (χ3n) is 4.88. The fraction of sp³-hybridized carbons (Fsp3) is 0.227. The summed E-state index contributed by atoms with van der Waals surface area (Å²) in [6.07, 6.45) is -0.913. The van der Waals surface area contributed by atoms with Gasteiger partial charge in [0.2, 0.25) is 5.91 Å². The Morgan fingerprint density at radius 3 is 2.46 bits per heavy atom. The van der Waals surface area contributed by atoms with Crippen LogP contribution in [0.2, 0.25) is 0 Å². The summed E-state index contributed by atoms with van der Waals surface area (Å²) in [5.74, 6) is -11.3. The number of anilines is 1. The minimum atomic E-state index is -2.13. The molecule has 1 aliphatic rings. The molecular formula is C22H17F4N3O6. The highest BCUT2D eigenvalue weighted by Gasteiger charge is 2.33. The second-order valence-electron chi connectivity index (χ2n) is 7.39. The Morgan fingerprint density at radius 1 is 1.14 bits per heavy atom. The summed E-state index contributed by atoms with van der Waals surface area (Å²) in [6.45, 7) is 1.38. The third kappa shape index (κ3) is 5.80. The van der Waals surface area contributed by atoms with Crippen LogP contribution >= 0.6 is 0 Å². The van der Waals surface area contributed by atoms with Gasteiger partial charge in [0.15, 0.2) is 29.2 Å². The van der Waals surface area contributed by atoms with E-state index in [2.05, 4.69) is 10.3 Å². The van der Waals surface area contributed by atoms with Crippen LogP contribution in [0.4, 0.5) is 33.7 Å². The van der Waals surface area contributed by atoms with E-state index in [1.807, 2.05) is 0 Å². The predicted molar refractivity (Wildman–Crippen MR) is 113 cm³/mol. The highest BCUT2D eigenvalue weighted by Crippen LogP contribution is 2.27. The first-order chi connectivity index (χ1) is 16.5. The molecule has 13 heteroatoms. The average molecular weight is 495 g/mol. The van der Waals surface area contributed by atoms with E-state index >= 15 is 0 Å². The number of nitrogens with one attached hydrogen (secondary N) is 1. The minimum absolute atomic E-state index is 0.0244. The molecule has 0 aromatic heterocycles. The second-order valence-corrected chi connectivity index (χ2v) is 7.39. The first-order valence-electron chi connectivity index (χ1n) is 9.95. The van der Waals surface area contributed by atoms with E-state index in [1.54, 1.807) is 0 Å². The van der Waals surface area contributed by atoms with Gasteiger partial charge in [0.05, 0.1) is 30.0 Å². The van der Waals surface area contributed by atoms with Crippen LogP contribution in [-0.2, 0) is 14.3 Å². The maximum absolute atomic E-state index is 14.6. The van der Waals surface area contributed by atoms with E-state index in [0.717, 1.165) is 17.0 Å². The molecule has 2 aromatic carbocycles. The number of ether oxygens (including phenoxy) is 1. The van der Waals surface area contributed by atoms with Crippen molar-refractivity contribution in [2.75, 3.05) is 18.0 Å². The van der Waals surface area contributed by atoms with Gasteiger partial charge in [-0.25, -0.2) is 22.4 Å². The molecule has 0 bridgehead atoms. The predicted octanol–water partition coefficient (Wildman–Crippen LogP) is 2.99. The van der Waals surface area contributed by atoms with Crippen molar-refractivity contribution < 1.29 is 46.6 Å². The van der Waals surface area contributed by atoms with E-state index < -0.39 is 64.4 Å². The number of benzene rings is 2. The number of cyclic esters (lactones) is 1. The molecule has 0 aliphatic carbocycles. The molecule has 2 N–H and O–H groups in total. The highest BCUT2D eigenvalue weighted by atomic mass is 19.2. The Hall–Kier alpha value is -4.29. The van der Waals surface area contributed by atoms with Crippen LogP contribution in [0.15, 0.2) is 35.3 Å². The summed E-state index contributed by atoms with van der Waals surface area (Å²) in [5.41, 5.74) is -1.34. The number of amides is 2. The SMILES string of the molecule is CC(=O)NCC1CN(c2ccc(N=CC(C(=O)O)C(=O)c3cc(F)c(F)cc3F)c(F)c2)C(=O)O1. The Labute approximate surface area is 195 Å². The number of ketones is 1. The molecule has 0 radical (unpaired) electrons. The third-order valence-corrected chi connectivity index (χ3v) is 4.88. The number of carbonyl (C=O) groups excluding carboxylic acids is 3. The smallest absolute Gasteiger partial charge is 0.414 e. The number of halogens is 4. The van der Waals surface area contributed by atoms with Crippen molar-refractivity contribution in [2.24, 2.45) is 10.9 Å². The number of aliphatic imine (C=N–C) groups is 1. The number of Topliss-reactive ketones (excluding diaryl/α,β-unsaturated/α-hetero) is 1. The topological polar surface area (TPSA) is 125 Å². The standard InChI is InChI=1S/C22H17F4N3O6/c1-10(30)27-7-12-9-29(22(34)35-12)11-2-3-19(18(26)4-11)28-8-14(21(32)33)20(31)13-5-16(24)17(25)6-15(13)23/h2-6,8,12,14H,7,9H2,1H3,(H,27,30)(H,32,33). The second kappa shape index (κ2) is 10.3. The molecule has 1 heterocycles. The molecule has 9 nitrogen and oxygen atoms in total. The molecule has 0 saturated carbocycles. The summed E-state index contributed by atoms with van der Waals surface area (Å²) in [5, 5.41) is 11.8. The summed E-state index contributed by atoms with van der Waals surface area (Å²) < 4.78 is 60.1. The van der Waals surface area contributed by atoms with Crippen LogP contribution in [0, 0.1) is 29.2 Å². The fourth-order valence-corrected chi connectivity index (χ4v) is 3.14. The molecular weight excluding hydrogens is 478 g/mol. The van der Waals surface area contributed by atoms with Crippen molar-refractivity contribution >= 4 is 41.3 Å². The van der Waals surface area contributed by atoms with Crippen molar-refractivity contribution in [3.8, 4) is 0 Å². The number of hydrogen-bond donors (Lipinski definition) is 2. The molecule has 2 aromatic rings. The van der Waals surface area contributed by atoms with Crippen molar-refractivity contribution in [1.29, 1.82) is 0 Å². The van der Waals surface area contributed by atoms with Gasteiger partial charge in [-0.15, -0.1) is 0 Å². The number of nitrogens with zero attached hydrogens (tertiary/aromatic N) is 2. The molecule has 0 spiro atoms. The Kier molecular flexibility index (Phi) is 7.47. The van der Waals surface area contributed by atoms with Gasteiger partial charge in [0.1, 0.15) is 11.9 Å². The molecule has 184 valence electrons. The zero-order valence-electron chi connectivity index (χ0n) is 17.9. The van der Waals surface area contributed by atoms with Gasteiger partial charge in [-0.2, -0.15) is 0 Å². The summed E-state index contributed by atoms with van der Waals surface area (Å²) in [4.78, 5) is 51.7. The summed E-state index contributed by atoms with van der Waals surface area (Å²) in [6, 6.07) is 3.62. The van der Waals surface area contributed by atoms with Crippen LogP contribution in [0.5, 0.6) is 0 Å². The molecule has 2 atom stereocenters. The number of carboxylic acids is 1. The van der Waals surface area contributed by atoms with Gasteiger partial charge >= 0.3 is 12.1 Å². The quantitative estimate of drug-likeness (QED) is 0.191. The molecule has 1 aliphatic heterocycles. The maximum atomic E-state index is 14.6. The van der Waals surface area contributed by atoms with Gasteiger partial charge in [0, 0.05) is 19.2 Å². The largest absolute Gasteiger partial charge is 0.480 e. The first kappa shape index (κ1) is 25.3. The monoisotopic (exact) mass is 495 g/mol. The van der Waals surface area contributed by atoms with E-state index in [9.17, 15) is 41.8 Å². The van der Waals surface area contributed by atoms with Crippen LogP contribution < -0.4 is 10.2 Å². The molecule has 3 rings (SSSR count). The lowest BCUT2D eigenvalue weighted by Gasteiger charge is -2.14. The van der Waals surface area contributed by atoms with Crippen molar-refractivity contribution in [2.45, 2.75) is 13.0 Å². The van der Waals surface area contributed by atoms with Crippen molar-refractivity contribution in [1.82, 2.24) is 5.32 Å². The van der Waals surface area contributed by atoms with Crippen LogP contribution in [0.3, 0.4) is 0 Å². The van der Waals surface area contributed by atoms with E-state index in [-0.39, 0.29) is 36.8 Å². The molecule has 35 heavy (non-hydrogen) atoms. The van der Waals surface area contributed by atoms with Gasteiger partial charge in [-0.3, -0.25) is 24.3 Å². The fourth-order valence-electron chi connectivity index (χ4n) is 3.14. The Balaban J connectivity index is 1.78. The van der Waals surface area contributed by atoms with E-state index in [0.29, 0.717) is 6.21 Å². The zero-order valence-corrected chi connectivity index (χ0v) is 17.9. The number of rotatable bonds is 8. The summed E-state index contributed by atoms with van der Waals surface area (Å²) >= 11 is 0. The Morgan fingerprint density at radius 2 is 1.83 bits per heavy atom. The van der Waals surface area contributed by atoms with Crippen LogP contribution in [-0.4, -0.2) is 54.3 Å². The van der Waals surface area contributed by atoms with E-state index in [1.165, 1.54) is 13.0 Å². The molecule has 1 fully saturated rings. The van der Waals surface area contributed by atoms with Crippen LogP contribution in [0.1, 0.15) is 17.3 Å². The lowest BCUT2D eigenvalue weighted by atomic mass is 9.98. The van der Waals surface area contributed by atoms with Gasteiger partial charge in [-0.05, 0) is 24.3 Å². The highest BCUT2D eigenvalue weighted by molar-refractivity contribution is 6.18. The van der Waals surface area contributed by atoms with Crippen molar-refractivity contribution in [3.05, 3.63) is 59.2 Å². The molecule has 2 amide bonds. The number of carbonyl (C=O) groups is 4. The lowest BCUT2D eigenvalue weighted by molar-refractivity contribution is -0.137. The number of aliphatic carboxylic acids is 1. The number of hydrogen-bond acceptors (Lipinski definition) is 6. The summed E-state index contributed by atoms with van der Waals surface area (Å²) in [7, 11) is 0. The number of carboxylic acid groups (broad SMARTS) is 1. The van der Waals surface area contributed by atoms with E-state index in [4.69, 9.17) is 4.74 Å². The Bertz CT molecular complexity index is 1240. The minimum Gasteiger partial charge on any atom is -0.480 e.